The number of allylic oxidation sites excluding steroid dienone is 6. The van der Waals surface area contributed by atoms with Crippen LogP contribution in [-0.4, -0.2) is 71.4 Å². The molecule has 0 radical (unpaired) electrons. The van der Waals surface area contributed by atoms with Gasteiger partial charge < -0.3 is 24.3 Å². The molecule has 5 heterocycles. The van der Waals surface area contributed by atoms with E-state index in [0.717, 1.165) is 44.8 Å². The second kappa shape index (κ2) is 14.5. The fourth-order valence-corrected chi connectivity index (χ4v) is 7.92. The van der Waals surface area contributed by atoms with Gasteiger partial charge in [0.15, 0.2) is 0 Å². The number of fused-ring (bicyclic) bond motifs is 8. The summed E-state index contributed by atoms with van der Waals surface area (Å²) in [7, 11) is 0. The molecule has 0 amide bonds. The number of nitrogens with one attached hydrogen (secondary N) is 1. The largest absolute Gasteiger partial charge is 0.481 e. The molecule has 270 valence electrons. The van der Waals surface area contributed by atoms with Crippen molar-refractivity contribution in [3.63, 3.8) is 0 Å². The van der Waals surface area contributed by atoms with Gasteiger partial charge in [0, 0.05) is 58.1 Å². The molecule has 4 aliphatic heterocycles. The smallest absolute Gasteiger partial charge is 0.303 e. The number of hydrogen-bond donors (Lipinski definition) is 2. The predicted octanol–water partition coefficient (Wildman–Crippen LogP) is 3.92. The normalized spacial score (nSPS) is 25.8. The number of esters is 1. The van der Waals surface area contributed by atoms with Crippen molar-refractivity contribution in [3.8, 4) is 0 Å². The zero-order chi connectivity index (χ0) is 37.3. The first-order valence-corrected chi connectivity index (χ1v) is 17.2. The summed E-state index contributed by atoms with van der Waals surface area (Å²) >= 11 is 0. The maximum atomic E-state index is 12.0. The topological polar surface area (TPSA) is 169 Å². The van der Waals surface area contributed by atoms with Gasteiger partial charge in [0.1, 0.15) is 13.2 Å². The fourth-order valence-electron chi connectivity index (χ4n) is 7.92. The molecule has 0 saturated heterocycles. The lowest BCUT2D eigenvalue weighted by molar-refractivity contribution is -0.142. The summed E-state index contributed by atoms with van der Waals surface area (Å²) in [5.41, 5.74) is 7.66. The summed E-state index contributed by atoms with van der Waals surface area (Å²) in [6.07, 6.45) is 13.9. The fraction of sp³-hybridized carbons (Fsp3) is 0.375. The van der Waals surface area contributed by atoms with E-state index in [1.54, 1.807) is 6.08 Å². The number of ether oxygens (including phenoxy) is 3. The Morgan fingerprint density at radius 2 is 1.81 bits per heavy atom. The van der Waals surface area contributed by atoms with Crippen LogP contribution in [0.3, 0.4) is 0 Å². The molecule has 5 atom stereocenters. The van der Waals surface area contributed by atoms with Gasteiger partial charge in [-0.2, -0.15) is 0 Å². The van der Waals surface area contributed by atoms with Crippen molar-refractivity contribution < 1.29 is 38.5 Å². The lowest BCUT2D eigenvalue weighted by atomic mass is 9.64. The van der Waals surface area contributed by atoms with Crippen LogP contribution < -0.4 is 10.7 Å². The quantitative estimate of drug-likeness (QED) is 0.187. The van der Waals surface area contributed by atoms with Crippen LogP contribution >= 0.6 is 0 Å². The van der Waals surface area contributed by atoms with Crippen LogP contribution in [0.2, 0.25) is 0 Å². The molecule has 0 spiro atoms. The van der Waals surface area contributed by atoms with E-state index in [4.69, 9.17) is 29.2 Å². The Bertz CT molecular complexity index is 2140. The van der Waals surface area contributed by atoms with Crippen LogP contribution in [0.5, 0.6) is 0 Å². The van der Waals surface area contributed by atoms with Gasteiger partial charge in [0.2, 0.25) is 0 Å². The van der Waals surface area contributed by atoms with Gasteiger partial charge in [0.05, 0.1) is 35.5 Å². The van der Waals surface area contributed by atoms with Crippen LogP contribution in [0.1, 0.15) is 51.7 Å². The molecule has 1 aromatic rings. The molecule has 0 aromatic carbocycles. The van der Waals surface area contributed by atoms with E-state index < -0.39 is 23.3 Å². The van der Waals surface area contributed by atoms with Crippen molar-refractivity contribution in [2.24, 2.45) is 38.1 Å². The molecule has 6 rings (SSSR count). The highest BCUT2D eigenvalue weighted by Crippen LogP contribution is 2.52. The second-order valence-electron chi connectivity index (χ2n) is 13.8. The van der Waals surface area contributed by atoms with E-state index in [1.165, 1.54) is 6.92 Å². The van der Waals surface area contributed by atoms with Crippen molar-refractivity contribution in [3.05, 3.63) is 92.5 Å². The number of rotatable bonds is 12. The zero-order valence-electron chi connectivity index (χ0n) is 29.9. The van der Waals surface area contributed by atoms with Crippen molar-refractivity contribution in [2.45, 2.75) is 60.1 Å². The number of H-pyrrole nitrogens is 1. The summed E-state index contributed by atoms with van der Waals surface area (Å²) < 4.78 is 16.1. The number of aliphatic carboxylic acids is 1. The van der Waals surface area contributed by atoms with E-state index in [-0.39, 0.29) is 44.1 Å². The Balaban J connectivity index is 1.65. The first-order chi connectivity index (χ1) is 24.9. The highest BCUT2D eigenvalue weighted by atomic mass is 16.5. The predicted molar refractivity (Wildman–Crippen MR) is 196 cm³/mol. The highest BCUT2D eigenvalue weighted by molar-refractivity contribution is 6.20. The second-order valence-corrected chi connectivity index (χ2v) is 13.8. The molecule has 2 N–H and O–H groups in total. The molecule has 1 aromatic heterocycles. The zero-order valence-corrected chi connectivity index (χ0v) is 29.9. The van der Waals surface area contributed by atoms with E-state index in [9.17, 15) is 24.3 Å². The standard InChI is InChI=1S/C40H42N4O8/c1-7-26-21(2)32-13-37-29-10-8-25(16-50-19-45)30(18-51-20-46)40(29,6)38(44-37)15-33-23(4)28(17-52-24(5)47)36(43-33)14-35-27(9-11-39(48)49)22(3)31(42-35)12-34(26)41-32/h7-8,10,12-15,19-20,22,27,30-31,43H,1,9,11,16-18H2,2-6H3,(H,48,49)/t22?,27?,30-,31?,40+/m1/s1. The van der Waals surface area contributed by atoms with E-state index in [1.807, 2.05) is 57.2 Å². The van der Waals surface area contributed by atoms with Crippen LogP contribution in [0, 0.1) is 30.1 Å². The summed E-state index contributed by atoms with van der Waals surface area (Å²) in [6.45, 7) is 14.3. The molecule has 1 aliphatic carbocycles. The summed E-state index contributed by atoms with van der Waals surface area (Å²) in [6, 6.07) is -0.290. The van der Waals surface area contributed by atoms with Crippen LogP contribution in [0.25, 0.3) is 12.2 Å². The number of aromatic amines is 1. The number of carbonyl (C=O) groups excluding carboxylic acids is 3. The molecule has 0 fully saturated rings. The molecule has 12 nitrogen and oxygen atoms in total. The van der Waals surface area contributed by atoms with Crippen LogP contribution in [0.4, 0.5) is 0 Å². The van der Waals surface area contributed by atoms with Crippen molar-refractivity contribution in [1.82, 2.24) is 4.98 Å². The third kappa shape index (κ3) is 6.49. The molecule has 8 bridgehead atoms. The number of carboxylic acids is 1. The number of aliphatic imine (C=N–C) groups is 3. The summed E-state index contributed by atoms with van der Waals surface area (Å²) in [4.78, 5) is 65.4. The molecule has 3 unspecified atom stereocenters. The lowest BCUT2D eigenvalue weighted by Crippen LogP contribution is -2.41. The van der Waals surface area contributed by atoms with E-state index in [2.05, 4.69) is 18.5 Å². The Labute approximate surface area is 301 Å². The molecule has 0 saturated carbocycles. The minimum absolute atomic E-state index is 0.00316. The minimum atomic E-state index is -0.881. The van der Waals surface area contributed by atoms with Gasteiger partial charge in [-0.05, 0) is 79.7 Å². The number of carbonyl (C=O) groups is 4. The van der Waals surface area contributed by atoms with E-state index >= 15 is 0 Å². The van der Waals surface area contributed by atoms with Gasteiger partial charge in [-0.3, -0.25) is 29.2 Å². The monoisotopic (exact) mass is 706 g/mol. The van der Waals surface area contributed by atoms with E-state index in [0.29, 0.717) is 47.2 Å². The van der Waals surface area contributed by atoms with Crippen LogP contribution in [0.15, 0.2) is 85.6 Å². The third-order valence-electron chi connectivity index (χ3n) is 10.9. The van der Waals surface area contributed by atoms with Crippen molar-refractivity contribution in [2.75, 3.05) is 13.2 Å². The molecular formula is C40H42N4O8. The Morgan fingerprint density at radius 3 is 2.50 bits per heavy atom. The third-order valence-corrected chi connectivity index (χ3v) is 10.9. The maximum Gasteiger partial charge on any atom is 0.303 e. The van der Waals surface area contributed by atoms with Gasteiger partial charge >= 0.3 is 11.9 Å². The molecule has 5 aliphatic rings. The number of nitrogens with zero attached hydrogens (tertiary/aromatic N) is 3. The Morgan fingerprint density at radius 1 is 1.04 bits per heavy atom. The van der Waals surface area contributed by atoms with Gasteiger partial charge in [-0.25, -0.2) is 4.99 Å². The average molecular weight is 707 g/mol. The first-order valence-electron chi connectivity index (χ1n) is 17.2. The number of carboxylic acid groups (broad SMARTS) is 1. The Hall–Kier alpha value is -5.65. The lowest BCUT2D eigenvalue weighted by Gasteiger charge is -2.39. The number of hydrogen-bond acceptors (Lipinski definition) is 10. The average Bonchev–Trinajstić information content (AvgIpc) is 3.76. The van der Waals surface area contributed by atoms with Crippen molar-refractivity contribution in [1.29, 1.82) is 0 Å². The van der Waals surface area contributed by atoms with Gasteiger partial charge in [-0.1, -0.05) is 31.7 Å². The summed E-state index contributed by atoms with van der Waals surface area (Å²) in [5, 5.41) is 11.0. The SMILES string of the molecule is C=CC1=C(C)C2=NC1=CC1N=C(C=c3[nH]c(c(C)c3COC(C)=O)=CC3=NC(=C2)C2=CC=C(COC=O)[C@@H](COC=O)[C@]23C)C(CCC(=O)O)C1C. The molecular weight excluding hydrogens is 664 g/mol. The highest BCUT2D eigenvalue weighted by Gasteiger charge is 2.50. The minimum Gasteiger partial charge on any atom is -0.481 e. The first kappa shape index (κ1) is 36.2. The van der Waals surface area contributed by atoms with Crippen LogP contribution in [-0.2, 0) is 40.0 Å². The van der Waals surface area contributed by atoms with Gasteiger partial charge in [-0.15, -0.1) is 0 Å². The van der Waals surface area contributed by atoms with Gasteiger partial charge in [0.25, 0.3) is 12.9 Å². The maximum absolute atomic E-state index is 12.0. The Kier molecular flexibility index (Phi) is 10.1. The van der Waals surface area contributed by atoms with Crippen molar-refractivity contribution >= 4 is 54.2 Å². The summed E-state index contributed by atoms with van der Waals surface area (Å²) in [5.74, 6) is -1.94. The molecule has 52 heavy (non-hydrogen) atoms. The molecule has 12 heteroatoms. The number of aromatic nitrogens is 1.